The lowest BCUT2D eigenvalue weighted by atomic mass is 10.0. The molecule has 2 aromatic heterocycles. The van der Waals surface area contributed by atoms with E-state index in [4.69, 9.17) is 10.5 Å². The number of methoxy groups -OCH3 is 1. The number of unbranched alkanes of at least 4 members (excludes halogenated alkanes) is 2. The maximum Gasteiger partial charge on any atom is 0.337 e. The van der Waals surface area contributed by atoms with E-state index in [-0.39, 0.29) is 11.9 Å². The van der Waals surface area contributed by atoms with E-state index in [0.29, 0.717) is 12.1 Å². The zero-order chi connectivity index (χ0) is 20.1. The number of esters is 1. The molecular formula is C21H27N5O2. The molecule has 0 unspecified atom stereocenters. The summed E-state index contributed by atoms with van der Waals surface area (Å²) in [7, 11) is 1.39. The van der Waals surface area contributed by atoms with Crippen LogP contribution in [-0.4, -0.2) is 34.2 Å². The minimum Gasteiger partial charge on any atom is -0.465 e. The first-order chi connectivity index (χ1) is 13.5. The predicted octanol–water partition coefficient (Wildman–Crippen LogP) is 3.76. The number of nitrogens with one attached hydrogen (secondary N) is 1. The molecule has 0 saturated heterocycles. The van der Waals surface area contributed by atoms with E-state index >= 15 is 0 Å². The highest BCUT2D eigenvalue weighted by Gasteiger charge is 2.14. The number of carbonyl (C=O) groups is 1. The molecule has 0 aliphatic carbocycles. The van der Waals surface area contributed by atoms with Crippen LogP contribution < -0.4 is 11.1 Å². The van der Waals surface area contributed by atoms with Crippen molar-refractivity contribution < 1.29 is 9.53 Å². The van der Waals surface area contributed by atoms with Crippen molar-refractivity contribution in [3.05, 3.63) is 47.2 Å². The van der Waals surface area contributed by atoms with Gasteiger partial charge in [0.05, 0.1) is 18.2 Å². The molecule has 28 heavy (non-hydrogen) atoms. The van der Waals surface area contributed by atoms with Crippen molar-refractivity contribution in [1.29, 1.82) is 0 Å². The zero-order valence-electron chi connectivity index (χ0n) is 16.7. The van der Waals surface area contributed by atoms with Crippen LogP contribution in [0.5, 0.6) is 0 Å². The van der Waals surface area contributed by atoms with Gasteiger partial charge in [-0.15, -0.1) is 0 Å². The van der Waals surface area contributed by atoms with Gasteiger partial charge < -0.3 is 20.4 Å². The Morgan fingerprint density at radius 2 is 2.07 bits per heavy atom. The number of fused-ring (bicyclic) bond motifs is 1. The number of aryl methyl sites for hydroxylation is 1. The number of benzene rings is 1. The van der Waals surface area contributed by atoms with Gasteiger partial charge in [-0.2, -0.15) is 4.98 Å². The minimum atomic E-state index is -0.340. The number of aromatic nitrogens is 3. The van der Waals surface area contributed by atoms with Crippen molar-refractivity contribution in [3.63, 3.8) is 0 Å². The summed E-state index contributed by atoms with van der Waals surface area (Å²) in [6.07, 6.45) is 5.37. The molecule has 0 aliphatic rings. The number of hydrogen-bond acceptors (Lipinski definition) is 6. The van der Waals surface area contributed by atoms with Crippen LogP contribution >= 0.6 is 0 Å². The molecule has 3 N–H and O–H groups in total. The normalized spacial score (nSPS) is 11.0. The monoisotopic (exact) mass is 381 g/mol. The summed E-state index contributed by atoms with van der Waals surface area (Å²) < 4.78 is 6.93. The van der Waals surface area contributed by atoms with E-state index in [9.17, 15) is 4.79 Å². The first kappa shape index (κ1) is 19.7. The number of hydrogen-bond donors (Lipinski definition) is 2. The van der Waals surface area contributed by atoms with Gasteiger partial charge in [-0.1, -0.05) is 25.8 Å². The largest absolute Gasteiger partial charge is 0.465 e. The van der Waals surface area contributed by atoms with E-state index in [0.717, 1.165) is 53.8 Å². The van der Waals surface area contributed by atoms with Gasteiger partial charge in [0.1, 0.15) is 5.52 Å². The smallest absolute Gasteiger partial charge is 0.337 e. The van der Waals surface area contributed by atoms with Crippen LogP contribution in [0.25, 0.3) is 11.0 Å². The second-order valence-electron chi connectivity index (χ2n) is 6.87. The van der Waals surface area contributed by atoms with Gasteiger partial charge in [0.25, 0.3) is 0 Å². The number of nitrogen functional groups attached to an aromatic ring is 1. The molecule has 1 aromatic carbocycles. The fourth-order valence-corrected chi connectivity index (χ4v) is 3.23. The number of nitrogens with two attached hydrogens (primary N) is 1. The van der Waals surface area contributed by atoms with Crippen LogP contribution in [0.4, 0.5) is 11.8 Å². The standard InChI is InChI=1S/C21H27N5O2/c1-4-5-6-10-23-19-18-17(24-21(22)25-19)9-11-26(18)13-16-12-15(20(27)28-3)8-7-14(16)2/h7-9,11-12H,4-6,10,13H2,1-3H3,(H3,22,23,24,25). The van der Waals surface area contributed by atoms with Crippen molar-refractivity contribution in [2.24, 2.45) is 0 Å². The third kappa shape index (κ3) is 4.24. The molecule has 7 nitrogen and oxygen atoms in total. The summed E-state index contributed by atoms with van der Waals surface area (Å²) in [4.78, 5) is 20.7. The molecule has 0 atom stereocenters. The molecule has 0 aliphatic heterocycles. The number of ether oxygens (including phenoxy) is 1. The Kier molecular flexibility index (Phi) is 6.13. The van der Waals surface area contributed by atoms with Gasteiger partial charge in [0.2, 0.25) is 5.95 Å². The fourth-order valence-electron chi connectivity index (χ4n) is 3.23. The number of rotatable bonds is 8. The van der Waals surface area contributed by atoms with Crippen molar-refractivity contribution in [3.8, 4) is 0 Å². The van der Waals surface area contributed by atoms with Crippen LogP contribution in [0.1, 0.15) is 47.7 Å². The third-order valence-corrected chi connectivity index (χ3v) is 4.81. The maximum atomic E-state index is 11.9. The van der Waals surface area contributed by atoms with Crippen molar-refractivity contribution in [1.82, 2.24) is 14.5 Å². The molecule has 0 radical (unpaired) electrons. The van der Waals surface area contributed by atoms with Gasteiger partial charge in [0, 0.05) is 19.3 Å². The molecule has 148 valence electrons. The van der Waals surface area contributed by atoms with Crippen LogP contribution in [-0.2, 0) is 11.3 Å². The summed E-state index contributed by atoms with van der Waals surface area (Å²) in [5.41, 5.74) is 10.3. The molecule has 0 bridgehead atoms. The van der Waals surface area contributed by atoms with Crippen LogP contribution in [0.2, 0.25) is 0 Å². The predicted molar refractivity (Wildman–Crippen MR) is 112 cm³/mol. The average molecular weight is 381 g/mol. The third-order valence-electron chi connectivity index (χ3n) is 4.81. The average Bonchev–Trinajstić information content (AvgIpc) is 3.08. The highest BCUT2D eigenvalue weighted by molar-refractivity contribution is 5.90. The second kappa shape index (κ2) is 8.73. The minimum absolute atomic E-state index is 0.257. The topological polar surface area (TPSA) is 95.1 Å². The van der Waals surface area contributed by atoms with Gasteiger partial charge >= 0.3 is 5.97 Å². The van der Waals surface area contributed by atoms with E-state index in [2.05, 4.69) is 26.8 Å². The lowest BCUT2D eigenvalue weighted by molar-refractivity contribution is 0.0600. The lowest BCUT2D eigenvalue weighted by Gasteiger charge is -2.13. The Morgan fingerprint density at radius 3 is 2.82 bits per heavy atom. The summed E-state index contributed by atoms with van der Waals surface area (Å²) in [6, 6.07) is 7.53. The fraction of sp³-hybridized carbons (Fsp3) is 0.381. The molecular weight excluding hydrogens is 354 g/mol. The first-order valence-corrected chi connectivity index (χ1v) is 9.57. The maximum absolute atomic E-state index is 11.9. The van der Waals surface area contributed by atoms with Crippen LogP contribution in [0, 0.1) is 6.92 Å². The highest BCUT2D eigenvalue weighted by Crippen LogP contribution is 2.25. The van der Waals surface area contributed by atoms with Crippen molar-refractivity contribution in [2.45, 2.75) is 39.7 Å². The van der Waals surface area contributed by atoms with Gasteiger partial charge in [0.15, 0.2) is 5.82 Å². The quantitative estimate of drug-likeness (QED) is 0.456. The Balaban J connectivity index is 1.94. The molecule has 0 spiro atoms. The SMILES string of the molecule is CCCCCNc1nc(N)nc2ccn(Cc3cc(C(=O)OC)ccc3C)c12. The highest BCUT2D eigenvalue weighted by atomic mass is 16.5. The summed E-state index contributed by atoms with van der Waals surface area (Å²) in [5.74, 6) is 0.658. The summed E-state index contributed by atoms with van der Waals surface area (Å²) in [5, 5.41) is 3.40. The molecule has 0 amide bonds. The Hall–Kier alpha value is -3.09. The van der Waals surface area contributed by atoms with Gasteiger partial charge in [-0.05, 0) is 42.7 Å². The van der Waals surface area contributed by atoms with Crippen LogP contribution in [0.3, 0.4) is 0 Å². The number of carbonyl (C=O) groups excluding carboxylic acids is 1. The van der Waals surface area contributed by atoms with Gasteiger partial charge in [-0.3, -0.25) is 0 Å². The van der Waals surface area contributed by atoms with Crippen molar-refractivity contribution >= 4 is 28.8 Å². The molecule has 2 heterocycles. The Bertz CT molecular complexity index is 980. The molecule has 3 rings (SSSR count). The molecule has 3 aromatic rings. The summed E-state index contributed by atoms with van der Waals surface area (Å²) >= 11 is 0. The Labute approximate surface area is 164 Å². The first-order valence-electron chi connectivity index (χ1n) is 9.57. The Morgan fingerprint density at radius 1 is 1.25 bits per heavy atom. The zero-order valence-corrected chi connectivity index (χ0v) is 16.7. The number of anilines is 2. The van der Waals surface area contributed by atoms with E-state index in [1.54, 1.807) is 6.07 Å². The molecule has 7 heteroatoms. The van der Waals surface area contributed by atoms with Crippen molar-refractivity contribution in [2.75, 3.05) is 24.7 Å². The number of nitrogens with zero attached hydrogens (tertiary/aromatic N) is 3. The van der Waals surface area contributed by atoms with E-state index in [1.165, 1.54) is 7.11 Å². The summed E-state index contributed by atoms with van der Waals surface area (Å²) in [6.45, 7) is 5.63. The molecule has 0 fully saturated rings. The van der Waals surface area contributed by atoms with E-state index < -0.39 is 0 Å². The lowest BCUT2D eigenvalue weighted by Crippen LogP contribution is -2.10. The molecule has 0 saturated carbocycles. The van der Waals surface area contributed by atoms with E-state index in [1.807, 2.05) is 31.3 Å². The second-order valence-corrected chi connectivity index (χ2v) is 6.87. The van der Waals surface area contributed by atoms with Gasteiger partial charge in [-0.25, -0.2) is 9.78 Å². The van der Waals surface area contributed by atoms with Crippen LogP contribution in [0.15, 0.2) is 30.5 Å².